The van der Waals surface area contributed by atoms with Crippen LogP contribution in [0.1, 0.15) is 60.3 Å². The van der Waals surface area contributed by atoms with E-state index in [1.807, 2.05) is 19.9 Å². The van der Waals surface area contributed by atoms with Crippen molar-refractivity contribution in [2.75, 3.05) is 6.54 Å². The maximum Gasteiger partial charge on any atom is 0.259 e. The molecule has 2 fully saturated rings. The Morgan fingerprint density at radius 2 is 2.17 bits per heavy atom. The quantitative estimate of drug-likeness (QED) is 0.883. The van der Waals surface area contributed by atoms with Gasteiger partial charge in [0.1, 0.15) is 0 Å². The zero-order chi connectivity index (χ0) is 16.2. The van der Waals surface area contributed by atoms with E-state index in [9.17, 15) is 4.79 Å². The van der Waals surface area contributed by atoms with Crippen molar-refractivity contribution in [3.63, 3.8) is 0 Å². The molecule has 3 N–H and O–H groups in total. The molecule has 0 radical (unpaired) electrons. The lowest BCUT2D eigenvalue weighted by molar-refractivity contribution is 0.0899. The molecule has 6 heteroatoms. The van der Waals surface area contributed by atoms with Gasteiger partial charge in [-0.15, -0.1) is 0 Å². The number of aryl methyl sites for hydroxylation is 1. The van der Waals surface area contributed by atoms with Gasteiger partial charge in [-0.25, -0.2) is 4.98 Å². The van der Waals surface area contributed by atoms with Gasteiger partial charge in [-0.1, -0.05) is 5.16 Å². The van der Waals surface area contributed by atoms with Crippen molar-refractivity contribution in [3.05, 3.63) is 23.0 Å². The summed E-state index contributed by atoms with van der Waals surface area (Å²) in [5, 5.41) is 7.85. The van der Waals surface area contributed by atoms with Crippen molar-refractivity contribution in [1.82, 2.24) is 15.5 Å². The van der Waals surface area contributed by atoms with Crippen LogP contribution in [0.25, 0.3) is 11.1 Å². The monoisotopic (exact) mass is 314 g/mol. The minimum absolute atomic E-state index is 0.106. The number of amides is 1. The number of nitrogens with one attached hydrogen (secondary N) is 1. The number of rotatable bonds is 5. The Kier molecular flexibility index (Phi) is 3.20. The fourth-order valence-corrected chi connectivity index (χ4v) is 3.25. The molecule has 6 nitrogen and oxygen atoms in total. The third-order valence-electron chi connectivity index (χ3n) is 5.18. The number of nitrogens with two attached hydrogens (primary N) is 1. The normalized spacial score (nSPS) is 20.5. The number of aromatic nitrogens is 2. The second-order valence-corrected chi connectivity index (χ2v) is 7.17. The van der Waals surface area contributed by atoms with Crippen molar-refractivity contribution in [1.29, 1.82) is 0 Å². The van der Waals surface area contributed by atoms with E-state index in [1.54, 1.807) is 0 Å². The van der Waals surface area contributed by atoms with Crippen molar-refractivity contribution in [2.45, 2.75) is 51.0 Å². The highest BCUT2D eigenvalue weighted by molar-refractivity contribution is 6.06. The summed E-state index contributed by atoms with van der Waals surface area (Å²) in [6.07, 6.45) is 4.49. The Hall–Kier alpha value is -1.95. The zero-order valence-electron chi connectivity index (χ0n) is 13.6. The lowest BCUT2D eigenvalue weighted by atomic mass is 9.95. The molecular formula is C17H22N4O2. The van der Waals surface area contributed by atoms with Gasteiger partial charge >= 0.3 is 0 Å². The smallest absolute Gasteiger partial charge is 0.259 e. The SMILES string of the molecule is Cc1noc2nc(C3CC3)cc(C(=O)NC(C)(CN)C3CC3)c12. The average Bonchev–Trinajstić information content (AvgIpc) is 3.44. The molecule has 2 heterocycles. The van der Waals surface area contributed by atoms with Gasteiger partial charge < -0.3 is 15.6 Å². The summed E-state index contributed by atoms with van der Waals surface area (Å²) in [7, 11) is 0. The summed E-state index contributed by atoms with van der Waals surface area (Å²) in [6, 6.07) is 1.91. The number of carbonyl (C=O) groups is 1. The van der Waals surface area contributed by atoms with Crippen LogP contribution in [0.3, 0.4) is 0 Å². The molecule has 0 aliphatic heterocycles. The molecule has 0 bridgehead atoms. The van der Waals surface area contributed by atoms with Gasteiger partial charge in [0.05, 0.1) is 22.2 Å². The second kappa shape index (κ2) is 5.03. The molecule has 1 unspecified atom stereocenters. The largest absolute Gasteiger partial charge is 0.345 e. The first kappa shape index (κ1) is 14.6. The molecule has 2 aromatic rings. The molecule has 0 spiro atoms. The number of hydrogen-bond donors (Lipinski definition) is 2. The molecule has 23 heavy (non-hydrogen) atoms. The fraction of sp³-hybridized carbons (Fsp3) is 0.588. The first-order valence-corrected chi connectivity index (χ1v) is 8.31. The van der Waals surface area contributed by atoms with Crippen LogP contribution < -0.4 is 11.1 Å². The van der Waals surface area contributed by atoms with E-state index in [0.717, 1.165) is 31.4 Å². The maximum absolute atomic E-state index is 12.9. The van der Waals surface area contributed by atoms with E-state index in [-0.39, 0.29) is 11.4 Å². The van der Waals surface area contributed by atoms with Crippen LogP contribution >= 0.6 is 0 Å². The van der Waals surface area contributed by atoms with Crippen LogP contribution in [0.15, 0.2) is 10.6 Å². The van der Waals surface area contributed by atoms with Crippen LogP contribution in [-0.2, 0) is 0 Å². The third-order valence-corrected chi connectivity index (χ3v) is 5.18. The molecule has 4 rings (SSSR count). The van der Waals surface area contributed by atoms with Gasteiger partial charge in [0.2, 0.25) is 0 Å². The minimum atomic E-state index is -0.350. The summed E-state index contributed by atoms with van der Waals surface area (Å²) in [6.45, 7) is 4.31. The van der Waals surface area contributed by atoms with Crippen LogP contribution in [-0.4, -0.2) is 28.1 Å². The standard InChI is InChI=1S/C17H22N4O2/c1-9-14-12(15(22)20-17(2,8-18)11-5-6-11)7-13(10-3-4-10)19-16(14)23-21-9/h7,10-11H,3-6,8,18H2,1-2H3,(H,20,22). The number of nitrogens with zero attached hydrogens (tertiary/aromatic N) is 2. The Labute approximate surface area is 134 Å². The van der Waals surface area contributed by atoms with Crippen molar-refractivity contribution in [2.24, 2.45) is 11.7 Å². The van der Waals surface area contributed by atoms with Gasteiger partial charge in [0, 0.05) is 18.2 Å². The van der Waals surface area contributed by atoms with Gasteiger partial charge in [-0.3, -0.25) is 4.79 Å². The van der Waals surface area contributed by atoms with E-state index in [1.165, 1.54) is 0 Å². The van der Waals surface area contributed by atoms with Crippen LogP contribution in [0.4, 0.5) is 0 Å². The molecule has 0 aromatic carbocycles. The zero-order valence-corrected chi connectivity index (χ0v) is 13.6. The van der Waals surface area contributed by atoms with Gasteiger partial charge in [0.15, 0.2) is 0 Å². The van der Waals surface area contributed by atoms with Gasteiger partial charge in [-0.2, -0.15) is 0 Å². The topological polar surface area (TPSA) is 94.0 Å². The minimum Gasteiger partial charge on any atom is -0.345 e. The molecule has 2 saturated carbocycles. The first-order valence-electron chi connectivity index (χ1n) is 8.31. The van der Waals surface area contributed by atoms with Crippen LogP contribution in [0.5, 0.6) is 0 Å². The highest BCUT2D eigenvalue weighted by Gasteiger charge is 2.42. The van der Waals surface area contributed by atoms with Crippen LogP contribution in [0.2, 0.25) is 0 Å². The molecule has 122 valence electrons. The number of carbonyl (C=O) groups excluding carboxylic acids is 1. The Morgan fingerprint density at radius 3 is 2.78 bits per heavy atom. The van der Waals surface area contributed by atoms with E-state index in [0.29, 0.717) is 40.7 Å². The number of fused-ring (bicyclic) bond motifs is 1. The summed E-state index contributed by atoms with van der Waals surface area (Å²) in [4.78, 5) is 17.5. The predicted molar refractivity (Wildman–Crippen MR) is 86.2 cm³/mol. The molecule has 2 aliphatic carbocycles. The van der Waals surface area contributed by atoms with E-state index < -0.39 is 0 Å². The molecular weight excluding hydrogens is 292 g/mol. The summed E-state index contributed by atoms with van der Waals surface area (Å²) in [5.41, 5.74) is 8.27. The van der Waals surface area contributed by atoms with E-state index >= 15 is 0 Å². The summed E-state index contributed by atoms with van der Waals surface area (Å²) >= 11 is 0. The fourth-order valence-electron chi connectivity index (χ4n) is 3.25. The lowest BCUT2D eigenvalue weighted by Crippen LogP contribution is -2.53. The molecule has 1 amide bonds. The number of hydrogen-bond acceptors (Lipinski definition) is 5. The second-order valence-electron chi connectivity index (χ2n) is 7.17. The molecule has 1 atom stereocenters. The Balaban J connectivity index is 1.74. The highest BCUT2D eigenvalue weighted by atomic mass is 16.5. The Morgan fingerprint density at radius 1 is 1.43 bits per heavy atom. The lowest BCUT2D eigenvalue weighted by Gasteiger charge is -2.29. The summed E-state index contributed by atoms with van der Waals surface area (Å²) < 4.78 is 5.31. The van der Waals surface area contributed by atoms with E-state index in [4.69, 9.17) is 10.3 Å². The summed E-state index contributed by atoms with van der Waals surface area (Å²) in [5.74, 6) is 0.811. The van der Waals surface area contributed by atoms with Crippen molar-refractivity contribution in [3.8, 4) is 0 Å². The average molecular weight is 314 g/mol. The Bertz CT molecular complexity index is 776. The molecule has 0 saturated heterocycles. The predicted octanol–water partition coefficient (Wildman–Crippen LogP) is 2.27. The number of pyridine rings is 1. The molecule has 2 aliphatic rings. The first-order chi connectivity index (χ1) is 11.0. The van der Waals surface area contributed by atoms with E-state index in [2.05, 4.69) is 15.5 Å². The maximum atomic E-state index is 12.9. The molecule has 2 aromatic heterocycles. The third kappa shape index (κ3) is 2.51. The van der Waals surface area contributed by atoms with Crippen molar-refractivity contribution >= 4 is 17.0 Å². The van der Waals surface area contributed by atoms with Gasteiger partial charge in [-0.05, 0) is 51.5 Å². The van der Waals surface area contributed by atoms with Crippen molar-refractivity contribution < 1.29 is 9.32 Å². The van der Waals surface area contributed by atoms with Crippen LogP contribution in [0, 0.1) is 12.8 Å². The highest BCUT2D eigenvalue weighted by Crippen LogP contribution is 2.41. The van der Waals surface area contributed by atoms with Gasteiger partial charge in [0.25, 0.3) is 11.6 Å².